The molecular formula is C17H30ClIN4O3S2. The van der Waals surface area contributed by atoms with Crippen LogP contribution in [-0.4, -0.2) is 54.3 Å². The number of halogens is 2. The Kier molecular flexibility index (Phi) is 11.6. The molecule has 1 saturated carbocycles. The zero-order valence-corrected chi connectivity index (χ0v) is 21.0. The van der Waals surface area contributed by atoms with E-state index in [0.717, 1.165) is 37.5 Å². The lowest BCUT2D eigenvalue weighted by Crippen LogP contribution is -2.43. The van der Waals surface area contributed by atoms with E-state index in [0.29, 0.717) is 16.8 Å². The molecule has 0 saturated heterocycles. The Morgan fingerprint density at radius 2 is 2.07 bits per heavy atom. The van der Waals surface area contributed by atoms with Gasteiger partial charge in [-0.05, 0) is 43.7 Å². The molecule has 2 rings (SSSR count). The Labute approximate surface area is 194 Å². The second-order valence-electron chi connectivity index (χ2n) is 6.67. The van der Waals surface area contributed by atoms with Gasteiger partial charge in [-0.1, -0.05) is 18.0 Å². The summed E-state index contributed by atoms with van der Waals surface area (Å²) in [6, 6.07) is 3.08. The summed E-state index contributed by atoms with van der Waals surface area (Å²) in [5.41, 5.74) is 0.248. The molecule has 11 heteroatoms. The largest absolute Gasteiger partial charge is 0.385 e. The summed E-state index contributed by atoms with van der Waals surface area (Å²) in [6.07, 6.45) is 4.64. The van der Waals surface area contributed by atoms with Crippen LogP contribution < -0.4 is 15.4 Å². The molecule has 1 aromatic heterocycles. The average molecular weight is 565 g/mol. The number of nitrogens with one attached hydrogen (secondary N) is 3. The first-order chi connectivity index (χ1) is 12.9. The zero-order valence-electron chi connectivity index (χ0n) is 16.3. The molecule has 0 spiro atoms. The van der Waals surface area contributed by atoms with Gasteiger partial charge >= 0.3 is 0 Å². The quantitative estimate of drug-likeness (QED) is 0.166. The van der Waals surface area contributed by atoms with Crippen LogP contribution in [0.1, 0.15) is 32.6 Å². The molecule has 0 bridgehead atoms. The van der Waals surface area contributed by atoms with E-state index in [1.165, 1.54) is 25.3 Å². The highest BCUT2D eigenvalue weighted by Gasteiger charge is 2.36. The standard InChI is InChI=1S/C17H29ClN4O3S2.HI/c1-3-19-16(21-13-17(7-4-8-17)9-12-25-2)20-10-11-22-27(23,24)15-6-5-14(18)26-15;/h5-6,22H,3-4,7-13H2,1-2H3,(H2,19,20,21);1H. The van der Waals surface area contributed by atoms with Crippen LogP contribution in [0.5, 0.6) is 0 Å². The van der Waals surface area contributed by atoms with Gasteiger partial charge in [0.15, 0.2) is 5.96 Å². The van der Waals surface area contributed by atoms with Crippen molar-refractivity contribution in [3.63, 3.8) is 0 Å². The second kappa shape index (κ2) is 12.5. The summed E-state index contributed by atoms with van der Waals surface area (Å²) in [6.45, 7) is 4.96. The van der Waals surface area contributed by atoms with Crippen LogP contribution in [0, 0.1) is 5.41 Å². The Balaban J connectivity index is 0.00000392. The molecular weight excluding hydrogens is 535 g/mol. The normalized spacial score (nSPS) is 16.2. The number of guanidine groups is 1. The third kappa shape index (κ3) is 7.94. The molecule has 1 fully saturated rings. The molecule has 0 radical (unpaired) electrons. The summed E-state index contributed by atoms with van der Waals surface area (Å²) in [5, 5.41) is 6.39. The molecule has 1 heterocycles. The minimum Gasteiger partial charge on any atom is -0.385 e. The Bertz CT molecular complexity index is 724. The lowest BCUT2D eigenvalue weighted by Gasteiger charge is -2.40. The molecule has 0 unspecified atom stereocenters. The molecule has 1 aliphatic rings. The number of ether oxygens (including phenoxy) is 1. The van der Waals surface area contributed by atoms with Gasteiger partial charge in [0.05, 0.1) is 4.34 Å². The first-order valence-electron chi connectivity index (χ1n) is 9.17. The summed E-state index contributed by atoms with van der Waals surface area (Å²) in [4.78, 5) is 4.70. The van der Waals surface area contributed by atoms with Crippen LogP contribution in [0.2, 0.25) is 4.34 Å². The highest BCUT2D eigenvalue weighted by molar-refractivity contribution is 14.0. The number of hydrogen-bond donors (Lipinski definition) is 3. The molecule has 0 atom stereocenters. The number of hydrogen-bond acceptors (Lipinski definition) is 5. The topological polar surface area (TPSA) is 91.8 Å². The van der Waals surface area contributed by atoms with E-state index in [-0.39, 0.29) is 40.1 Å². The molecule has 0 aliphatic heterocycles. The van der Waals surface area contributed by atoms with Gasteiger partial charge in [0, 0.05) is 39.9 Å². The van der Waals surface area contributed by atoms with Gasteiger partial charge in [-0.15, -0.1) is 35.3 Å². The molecule has 1 aromatic rings. The average Bonchev–Trinajstić information content (AvgIpc) is 3.04. The lowest BCUT2D eigenvalue weighted by molar-refractivity contribution is 0.0778. The first kappa shape index (κ1) is 25.9. The van der Waals surface area contributed by atoms with Crippen LogP contribution in [0.15, 0.2) is 21.3 Å². The van der Waals surface area contributed by atoms with E-state index < -0.39 is 10.0 Å². The van der Waals surface area contributed by atoms with Crippen molar-refractivity contribution in [2.24, 2.45) is 10.4 Å². The molecule has 162 valence electrons. The van der Waals surface area contributed by atoms with Crippen molar-refractivity contribution in [3.8, 4) is 0 Å². The van der Waals surface area contributed by atoms with Crippen molar-refractivity contribution >= 4 is 62.9 Å². The fraction of sp³-hybridized carbons (Fsp3) is 0.706. The molecule has 0 amide bonds. The van der Waals surface area contributed by atoms with Crippen LogP contribution in [0.3, 0.4) is 0 Å². The molecule has 0 aromatic carbocycles. The number of sulfonamides is 1. The fourth-order valence-corrected chi connectivity index (χ4v) is 5.51. The fourth-order valence-electron chi connectivity index (χ4n) is 2.95. The van der Waals surface area contributed by atoms with Crippen LogP contribution in [0.25, 0.3) is 0 Å². The summed E-state index contributed by atoms with van der Waals surface area (Å²) < 4.78 is 32.8. The van der Waals surface area contributed by atoms with Gasteiger partial charge in [0.2, 0.25) is 10.0 Å². The highest BCUT2D eigenvalue weighted by atomic mass is 127. The van der Waals surface area contributed by atoms with E-state index in [4.69, 9.17) is 21.3 Å². The van der Waals surface area contributed by atoms with Gasteiger partial charge in [0.1, 0.15) is 4.21 Å². The Morgan fingerprint density at radius 1 is 1.32 bits per heavy atom. The van der Waals surface area contributed by atoms with Crippen LogP contribution in [0.4, 0.5) is 0 Å². The summed E-state index contributed by atoms with van der Waals surface area (Å²) in [5.74, 6) is 0.708. The third-order valence-electron chi connectivity index (χ3n) is 4.69. The van der Waals surface area contributed by atoms with Crippen molar-refractivity contribution in [1.29, 1.82) is 0 Å². The van der Waals surface area contributed by atoms with E-state index in [1.54, 1.807) is 13.2 Å². The van der Waals surface area contributed by atoms with Gasteiger partial charge in [-0.2, -0.15) is 0 Å². The smallest absolute Gasteiger partial charge is 0.250 e. The lowest BCUT2D eigenvalue weighted by atomic mass is 9.67. The minimum atomic E-state index is -3.52. The maximum absolute atomic E-state index is 12.2. The Hall–Kier alpha value is -0.140. The molecule has 7 nitrogen and oxygen atoms in total. The monoisotopic (exact) mass is 564 g/mol. The number of aliphatic imine (C=N–C) groups is 1. The Morgan fingerprint density at radius 3 is 2.61 bits per heavy atom. The van der Waals surface area contributed by atoms with Crippen molar-refractivity contribution < 1.29 is 13.2 Å². The first-order valence-corrected chi connectivity index (χ1v) is 11.8. The van der Waals surface area contributed by atoms with Crippen LogP contribution >= 0.6 is 46.9 Å². The van der Waals surface area contributed by atoms with Crippen molar-refractivity contribution in [2.45, 2.75) is 36.8 Å². The predicted octanol–water partition coefficient (Wildman–Crippen LogP) is 3.06. The van der Waals surface area contributed by atoms with Crippen molar-refractivity contribution in [2.75, 3.05) is 39.9 Å². The van der Waals surface area contributed by atoms with Crippen molar-refractivity contribution in [3.05, 3.63) is 16.5 Å². The zero-order chi connectivity index (χ0) is 19.8. The van der Waals surface area contributed by atoms with Gasteiger partial charge in [-0.3, -0.25) is 4.99 Å². The molecule has 3 N–H and O–H groups in total. The highest BCUT2D eigenvalue weighted by Crippen LogP contribution is 2.44. The summed E-state index contributed by atoms with van der Waals surface area (Å²) >= 11 is 6.85. The number of thiophene rings is 1. The number of methoxy groups -OCH3 is 1. The van der Waals surface area contributed by atoms with Crippen molar-refractivity contribution in [1.82, 2.24) is 15.4 Å². The second-order valence-corrected chi connectivity index (χ2v) is 10.4. The van der Waals surface area contributed by atoms with E-state index in [2.05, 4.69) is 15.4 Å². The third-order valence-corrected chi connectivity index (χ3v) is 7.87. The minimum absolute atomic E-state index is 0. The van der Waals surface area contributed by atoms with E-state index >= 15 is 0 Å². The SMILES string of the molecule is CCNC(=NCC1(CCOC)CCC1)NCCNS(=O)(=O)c1ccc(Cl)s1.I. The number of nitrogens with zero attached hydrogens (tertiary/aromatic N) is 1. The van der Waals surface area contributed by atoms with Crippen LogP contribution in [-0.2, 0) is 14.8 Å². The predicted molar refractivity (Wildman–Crippen MR) is 127 cm³/mol. The maximum atomic E-state index is 12.2. The van der Waals surface area contributed by atoms with E-state index in [9.17, 15) is 8.42 Å². The summed E-state index contributed by atoms with van der Waals surface area (Å²) in [7, 11) is -1.79. The maximum Gasteiger partial charge on any atom is 0.250 e. The van der Waals surface area contributed by atoms with Gasteiger partial charge in [-0.25, -0.2) is 13.1 Å². The molecule has 28 heavy (non-hydrogen) atoms. The van der Waals surface area contributed by atoms with E-state index in [1.807, 2.05) is 6.92 Å². The van der Waals surface area contributed by atoms with Gasteiger partial charge < -0.3 is 15.4 Å². The molecule has 1 aliphatic carbocycles. The number of rotatable bonds is 11. The van der Waals surface area contributed by atoms with Gasteiger partial charge in [0.25, 0.3) is 0 Å².